The molecule has 0 radical (unpaired) electrons. The second-order valence-corrected chi connectivity index (χ2v) is 4.44. The number of nitrogen functional groups attached to an aromatic ring is 1. The maximum absolute atomic E-state index is 13.8. The molecule has 0 spiro atoms. The molecule has 0 saturated carbocycles. The Labute approximate surface area is 115 Å². The summed E-state index contributed by atoms with van der Waals surface area (Å²) in [6, 6.07) is 4.63. The molecule has 0 unspecified atom stereocenters. The number of nitrogens with zero attached hydrogens (tertiary/aromatic N) is 3. The molecule has 0 aliphatic carbocycles. The van der Waals surface area contributed by atoms with Crippen LogP contribution in [0.1, 0.15) is 22.4 Å². The second-order valence-electron chi connectivity index (χ2n) is 4.44. The fraction of sp³-hybridized carbons (Fsp3) is 0.214. The molecule has 1 aromatic heterocycles. The lowest BCUT2D eigenvalue weighted by atomic mass is 10.1. The van der Waals surface area contributed by atoms with E-state index in [0.29, 0.717) is 22.5 Å². The number of hydrogen-bond donors (Lipinski definition) is 1. The summed E-state index contributed by atoms with van der Waals surface area (Å²) in [5.41, 5.74) is 8.15. The van der Waals surface area contributed by atoms with Gasteiger partial charge in [0.25, 0.3) is 5.88 Å². The quantitative estimate of drug-likeness (QED) is 0.850. The fourth-order valence-corrected chi connectivity index (χ4v) is 1.64. The number of aromatic nitrogens is 2. The molecule has 0 bridgehead atoms. The third-order valence-corrected chi connectivity index (χ3v) is 3.06. The maximum atomic E-state index is 13.8. The molecule has 2 aromatic rings. The van der Waals surface area contributed by atoms with Gasteiger partial charge in [-0.1, -0.05) is 0 Å². The van der Waals surface area contributed by atoms with E-state index in [1.54, 1.807) is 20.8 Å². The fourth-order valence-electron chi connectivity index (χ4n) is 1.64. The number of nitriles is 1. The number of halogens is 1. The van der Waals surface area contributed by atoms with Crippen LogP contribution in [-0.2, 0) is 0 Å². The van der Waals surface area contributed by atoms with Gasteiger partial charge in [0.05, 0.1) is 5.69 Å². The molecule has 20 heavy (non-hydrogen) atoms. The molecule has 0 aliphatic heterocycles. The number of anilines is 1. The van der Waals surface area contributed by atoms with Crippen molar-refractivity contribution in [1.29, 1.82) is 5.26 Å². The number of hydrogen-bond acceptors (Lipinski definition) is 5. The van der Waals surface area contributed by atoms with Crippen LogP contribution in [0.15, 0.2) is 12.1 Å². The lowest BCUT2D eigenvalue weighted by Gasteiger charge is -2.10. The largest absolute Gasteiger partial charge is 0.433 e. The smallest absolute Gasteiger partial charge is 0.257 e. The lowest BCUT2D eigenvalue weighted by Crippen LogP contribution is -2.02. The van der Waals surface area contributed by atoms with Crippen LogP contribution in [0, 0.1) is 37.9 Å². The Morgan fingerprint density at radius 2 is 1.95 bits per heavy atom. The van der Waals surface area contributed by atoms with E-state index in [9.17, 15) is 4.39 Å². The van der Waals surface area contributed by atoms with E-state index in [0.717, 1.165) is 0 Å². The number of rotatable bonds is 2. The topological polar surface area (TPSA) is 84.8 Å². The third kappa shape index (κ3) is 2.38. The minimum atomic E-state index is -0.614. The molecule has 0 fully saturated rings. The SMILES string of the molecule is Cc1cc(Oc2nnc(C)c(C)c2C#N)c(F)cc1N. The molecular formula is C14H13FN4O. The normalized spacial score (nSPS) is 10.2. The van der Waals surface area contributed by atoms with Crippen molar-refractivity contribution in [1.82, 2.24) is 10.2 Å². The zero-order valence-corrected chi connectivity index (χ0v) is 11.4. The van der Waals surface area contributed by atoms with E-state index >= 15 is 0 Å². The van der Waals surface area contributed by atoms with Crippen molar-refractivity contribution in [3.63, 3.8) is 0 Å². The minimum absolute atomic E-state index is 0.0151. The summed E-state index contributed by atoms with van der Waals surface area (Å²) in [6.45, 7) is 5.21. The van der Waals surface area contributed by atoms with Crippen molar-refractivity contribution < 1.29 is 9.13 Å². The van der Waals surface area contributed by atoms with Gasteiger partial charge in [-0.05, 0) is 38.0 Å². The Morgan fingerprint density at radius 3 is 2.60 bits per heavy atom. The summed E-state index contributed by atoms with van der Waals surface area (Å²) >= 11 is 0. The van der Waals surface area contributed by atoms with Crippen molar-refractivity contribution in [3.8, 4) is 17.7 Å². The van der Waals surface area contributed by atoms with Crippen LogP contribution < -0.4 is 10.5 Å². The highest BCUT2D eigenvalue weighted by Crippen LogP contribution is 2.29. The highest BCUT2D eigenvalue weighted by molar-refractivity contribution is 5.52. The van der Waals surface area contributed by atoms with Crippen LogP contribution >= 0.6 is 0 Å². The summed E-state index contributed by atoms with van der Waals surface area (Å²) in [6.07, 6.45) is 0. The highest BCUT2D eigenvalue weighted by atomic mass is 19.1. The molecule has 0 atom stereocenters. The van der Waals surface area contributed by atoms with Gasteiger partial charge in [-0.2, -0.15) is 10.4 Å². The Hall–Kier alpha value is -2.68. The summed E-state index contributed by atoms with van der Waals surface area (Å²) in [4.78, 5) is 0. The predicted molar refractivity (Wildman–Crippen MR) is 71.8 cm³/mol. The van der Waals surface area contributed by atoms with Gasteiger partial charge >= 0.3 is 0 Å². The van der Waals surface area contributed by atoms with Crippen LogP contribution in [0.4, 0.5) is 10.1 Å². The number of benzene rings is 1. The van der Waals surface area contributed by atoms with Crippen molar-refractivity contribution in [2.24, 2.45) is 0 Å². The molecule has 1 aromatic carbocycles. The monoisotopic (exact) mass is 272 g/mol. The first-order chi connectivity index (χ1) is 9.43. The van der Waals surface area contributed by atoms with Crippen LogP contribution in [0.25, 0.3) is 0 Å². The molecule has 0 saturated heterocycles. The van der Waals surface area contributed by atoms with E-state index in [2.05, 4.69) is 10.2 Å². The van der Waals surface area contributed by atoms with Crippen molar-refractivity contribution >= 4 is 5.69 Å². The van der Waals surface area contributed by atoms with Gasteiger partial charge in [-0.25, -0.2) is 4.39 Å². The Balaban J connectivity index is 2.49. The molecule has 0 amide bonds. The first-order valence-electron chi connectivity index (χ1n) is 5.91. The van der Waals surface area contributed by atoms with Gasteiger partial charge in [-0.15, -0.1) is 5.10 Å². The van der Waals surface area contributed by atoms with Gasteiger partial charge in [0, 0.05) is 11.8 Å². The van der Waals surface area contributed by atoms with E-state index < -0.39 is 5.82 Å². The van der Waals surface area contributed by atoms with Crippen LogP contribution in [0.3, 0.4) is 0 Å². The number of ether oxygens (including phenoxy) is 1. The lowest BCUT2D eigenvalue weighted by molar-refractivity contribution is 0.419. The van der Waals surface area contributed by atoms with Crippen molar-refractivity contribution in [2.75, 3.05) is 5.73 Å². The average Bonchev–Trinajstić information content (AvgIpc) is 2.40. The standard InChI is InChI=1S/C14H13FN4O/c1-7-4-13(11(15)5-12(7)17)20-14-10(6-16)8(2)9(3)18-19-14/h4-5H,17H2,1-3H3. The molecule has 2 rings (SSSR count). The van der Waals surface area contributed by atoms with Gasteiger partial charge in [0.15, 0.2) is 11.6 Å². The van der Waals surface area contributed by atoms with E-state index in [4.69, 9.17) is 15.7 Å². The van der Waals surface area contributed by atoms with Crippen LogP contribution in [-0.4, -0.2) is 10.2 Å². The first kappa shape index (κ1) is 13.7. The van der Waals surface area contributed by atoms with E-state index in [1.807, 2.05) is 6.07 Å². The van der Waals surface area contributed by atoms with Gasteiger partial charge in [0.2, 0.25) is 0 Å². The Bertz CT molecular complexity index is 722. The van der Waals surface area contributed by atoms with Crippen LogP contribution in [0.2, 0.25) is 0 Å². The molecule has 1 heterocycles. The summed E-state index contributed by atoms with van der Waals surface area (Å²) < 4.78 is 19.2. The Kier molecular flexibility index (Phi) is 3.53. The van der Waals surface area contributed by atoms with Gasteiger partial charge < -0.3 is 10.5 Å². The minimum Gasteiger partial charge on any atom is -0.433 e. The van der Waals surface area contributed by atoms with Gasteiger partial charge in [0.1, 0.15) is 11.6 Å². The Morgan fingerprint density at radius 1 is 1.25 bits per heavy atom. The third-order valence-electron chi connectivity index (χ3n) is 3.06. The van der Waals surface area contributed by atoms with Crippen molar-refractivity contribution in [3.05, 3.63) is 40.3 Å². The zero-order chi connectivity index (χ0) is 14.9. The molecule has 102 valence electrons. The molecule has 6 heteroatoms. The van der Waals surface area contributed by atoms with E-state index in [1.165, 1.54) is 12.1 Å². The summed E-state index contributed by atoms with van der Waals surface area (Å²) in [5.74, 6) is -0.665. The molecule has 0 aliphatic rings. The van der Waals surface area contributed by atoms with Gasteiger partial charge in [-0.3, -0.25) is 0 Å². The van der Waals surface area contributed by atoms with E-state index in [-0.39, 0.29) is 17.2 Å². The summed E-state index contributed by atoms with van der Waals surface area (Å²) in [7, 11) is 0. The molecular weight excluding hydrogens is 259 g/mol. The first-order valence-corrected chi connectivity index (χ1v) is 5.91. The predicted octanol–water partition coefficient (Wildman–Crippen LogP) is 2.79. The highest BCUT2D eigenvalue weighted by Gasteiger charge is 2.15. The van der Waals surface area contributed by atoms with Crippen LogP contribution in [0.5, 0.6) is 11.6 Å². The molecule has 2 N–H and O–H groups in total. The van der Waals surface area contributed by atoms with Crippen molar-refractivity contribution in [2.45, 2.75) is 20.8 Å². The average molecular weight is 272 g/mol. The zero-order valence-electron chi connectivity index (χ0n) is 11.4. The maximum Gasteiger partial charge on any atom is 0.257 e. The second kappa shape index (κ2) is 5.13. The summed E-state index contributed by atoms with van der Waals surface area (Å²) in [5, 5.41) is 16.8. The number of nitrogens with two attached hydrogens (primary N) is 1. The molecule has 5 nitrogen and oxygen atoms in total. The number of aryl methyl sites for hydroxylation is 2.